The van der Waals surface area contributed by atoms with Crippen LogP contribution in [0, 0.1) is 0 Å². The van der Waals surface area contributed by atoms with Crippen LogP contribution in [0.15, 0.2) is 23.1 Å². The lowest BCUT2D eigenvalue weighted by Gasteiger charge is -2.24. The predicted octanol–water partition coefficient (Wildman–Crippen LogP) is 1.40. The Morgan fingerprint density at radius 2 is 2.19 bits per heavy atom. The highest BCUT2D eigenvalue weighted by atomic mass is 32.2. The number of ether oxygens (including phenoxy) is 1. The number of sulfonamides is 1. The molecule has 0 radical (unpaired) electrons. The van der Waals surface area contributed by atoms with Crippen molar-refractivity contribution >= 4 is 16.0 Å². The van der Waals surface area contributed by atoms with Crippen molar-refractivity contribution in [3.63, 3.8) is 0 Å². The van der Waals surface area contributed by atoms with Gasteiger partial charge in [0.2, 0.25) is 10.0 Å². The third kappa shape index (κ3) is 3.42. The Bertz CT molecular complexity index is 647. The van der Waals surface area contributed by atoms with Crippen LogP contribution in [-0.2, 0) is 21.2 Å². The zero-order chi connectivity index (χ0) is 15.7. The minimum atomic E-state index is -3.79. The van der Waals surface area contributed by atoms with Gasteiger partial charge in [-0.3, -0.25) is 0 Å². The summed E-state index contributed by atoms with van der Waals surface area (Å²) in [7, 11) is -3.79. The quantitative estimate of drug-likeness (QED) is 0.857. The summed E-state index contributed by atoms with van der Waals surface area (Å²) >= 11 is 0. The molecular formula is C14H19NO5S. The van der Waals surface area contributed by atoms with E-state index in [4.69, 9.17) is 9.84 Å². The molecule has 0 aromatic heterocycles. The van der Waals surface area contributed by atoms with Gasteiger partial charge in [0.05, 0.1) is 22.6 Å². The number of aromatic carboxylic acids is 1. The zero-order valence-electron chi connectivity index (χ0n) is 12.0. The van der Waals surface area contributed by atoms with Gasteiger partial charge in [0, 0.05) is 6.61 Å². The maximum atomic E-state index is 12.6. The van der Waals surface area contributed by atoms with E-state index in [2.05, 4.69) is 4.72 Å². The van der Waals surface area contributed by atoms with Gasteiger partial charge >= 0.3 is 5.97 Å². The highest BCUT2D eigenvalue weighted by molar-refractivity contribution is 7.89. The lowest BCUT2D eigenvalue weighted by atomic mass is 10.0. The molecule has 0 bridgehead atoms. The molecule has 1 atom stereocenters. The van der Waals surface area contributed by atoms with Crippen molar-refractivity contribution in [2.75, 3.05) is 13.2 Å². The molecule has 0 spiro atoms. The van der Waals surface area contributed by atoms with Crippen molar-refractivity contribution in [3.8, 4) is 0 Å². The molecule has 21 heavy (non-hydrogen) atoms. The van der Waals surface area contributed by atoms with Crippen molar-refractivity contribution < 1.29 is 23.1 Å². The molecule has 1 aliphatic heterocycles. The predicted molar refractivity (Wildman–Crippen MR) is 76.9 cm³/mol. The van der Waals surface area contributed by atoms with Crippen LogP contribution in [-0.4, -0.2) is 38.2 Å². The van der Waals surface area contributed by atoms with Crippen molar-refractivity contribution in [3.05, 3.63) is 29.3 Å². The maximum Gasteiger partial charge on any atom is 0.335 e. The smallest absolute Gasteiger partial charge is 0.335 e. The van der Waals surface area contributed by atoms with Crippen LogP contribution < -0.4 is 4.72 Å². The van der Waals surface area contributed by atoms with E-state index in [1.165, 1.54) is 12.1 Å². The van der Waals surface area contributed by atoms with E-state index in [1.807, 2.05) is 6.92 Å². The Hall–Kier alpha value is -1.44. The largest absolute Gasteiger partial charge is 0.478 e. The Morgan fingerprint density at radius 1 is 1.48 bits per heavy atom. The Kier molecular flexibility index (Phi) is 4.36. The first-order chi connectivity index (χ1) is 9.77. The molecule has 1 fully saturated rings. The van der Waals surface area contributed by atoms with Gasteiger partial charge < -0.3 is 9.84 Å². The van der Waals surface area contributed by atoms with Gasteiger partial charge in [-0.15, -0.1) is 0 Å². The van der Waals surface area contributed by atoms with E-state index < -0.39 is 21.5 Å². The molecule has 1 aliphatic rings. The Balaban J connectivity index is 2.42. The van der Waals surface area contributed by atoms with Crippen LogP contribution in [0.5, 0.6) is 0 Å². The maximum absolute atomic E-state index is 12.6. The summed E-state index contributed by atoms with van der Waals surface area (Å²) in [5, 5.41) is 9.04. The second-order valence-corrected chi connectivity index (χ2v) is 7.10. The van der Waals surface area contributed by atoms with Crippen LogP contribution in [0.4, 0.5) is 0 Å². The van der Waals surface area contributed by atoms with Crippen molar-refractivity contribution in [2.24, 2.45) is 0 Å². The van der Waals surface area contributed by atoms with Crippen molar-refractivity contribution in [1.29, 1.82) is 0 Å². The summed E-state index contributed by atoms with van der Waals surface area (Å²) in [5.74, 6) is -1.15. The molecule has 1 aromatic carbocycles. The number of carboxylic acids is 1. The average Bonchev–Trinajstić information content (AvgIpc) is 2.83. The summed E-state index contributed by atoms with van der Waals surface area (Å²) < 4.78 is 33.1. The molecule has 2 rings (SSSR count). The highest BCUT2D eigenvalue weighted by Crippen LogP contribution is 2.24. The topological polar surface area (TPSA) is 92.7 Å². The minimum absolute atomic E-state index is 0.0259. The fourth-order valence-electron chi connectivity index (χ4n) is 2.36. The number of carboxylic acid groups (broad SMARTS) is 1. The third-order valence-electron chi connectivity index (χ3n) is 3.58. The van der Waals surface area contributed by atoms with Gasteiger partial charge in [0.1, 0.15) is 0 Å². The first-order valence-corrected chi connectivity index (χ1v) is 8.24. The number of aryl methyl sites for hydroxylation is 1. The lowest BCUT2D eigenvalue weighted by molar-refractivity contribution is 0.0696. The molecule has 1 saturated heterocycles. The number of hydrogen-bond donors (Lipinski definition) is 2. The van der Waals surface area contributed by atoms with Gasteiger partial charge in [-0.05, 0) is 37.5 Å². The number of hydrogen-bond acceptors (Lipinski definition) is 4. The van der Waals surface area contributed by atoms with E-state index in [1.54, 1.807) is 13.0 Å². The number of benzene rings is 1. The van der Waals surface area contributed by atoms with Gasteiger partial charge in [-0.25, -0.2) is 17.9 Å². The van der Waals surface area contributed by atoms with Crippen LogP contribution in [0.25, 0.3) is 0 Å². The van der Waals surface area contributed by atoms with Crippen LogP contribution >= 0.6 is 0 Å². The summed E-state index contributed by atoms with van der Waals surface area (Å²) in [6.07, 6.45) is 1.09. The lowest BCUT2D eigenvalue weighted by Crippen LogP contribution is -2.46. The van der Waals surface area contributed by atoms with E-state index in [0.717, 1.165) is 0 Å². The molecule has 0 amide bonds. The summed E-state index contributed by atoms with van der Waals surface area (Å²) in [4.78, 5) is 11.1. The first kappa shape index (κ1) is 15.9. The van der Waals surface area contributed by atoms with E-state index in [0.29, 0.717) is 31.6 Å². The third-order valence-corrected chi connectivity index (χ3v) is 5.30. The van der Waals surface area contributed by atoms with Crippen LogP contribution in [0.2, 0.25) is 0 Å². The van der Waals surface area contributed by atoms with Gasteiger partial charge in [0.25, 0.3) is 0 Å². The summed E-state index contributed by atoms with van der Waals surface area (Å²) in [6.45, 7) is 4.43. The van der Waals surface area contributed by atoms with Crippen molar-refractivity contribution in [1.82, 2.24) is 4.72 Å². The second-order valence-electron chi connectivity index (χ2n) is 5.45. The Morgan fingerprint density at radius 3 is 2.71 bits per heavy atom. The molecule has 0 aliphatic carbocycles. The van der Waals surface area contributed by atoms with E-state index in [-0.39, 0.29) is 10.5 Å². The zero-order valence-corrected chi connectivity index (χ0v) is 12.9. The molecule has 116 valence electrons. The summed E-state index contributed by atoms with van der Waals surface area (Å²) in [6, 6.07) is 4.18. The molecule has 6 nitrogen and oxygen atoms in total. The van der Waals surface area contributed by atoms with Gasteiger partial charge in [-0.2, -0.15) is 0 Å². The van der Waals surface area contributed by atoms with Crippen LogP contribution in [0.3, 0.4) is 0 Å². The summed E-state index contributed by atoms with van der Waals surface area (Å²) in [5.41, 5.74) is -0.0984. The highest BCUT2D eigenvalue weighted by Gasteiger charge is 2.35. The minimum Gasteiger partial charge on any atom is -0.478 e. The monoisotopic (exact) mass is 313 g/mol. The molecule has 0 saturated carbocycles. The fraction of sp³-hybridized carbons (Fsp3) is 0.500. The Labute approximate surface area is 124 Å². The molecule has 2 N–H and O–H groups in total. The second kappa shape index (κ2) is 5.75. The molecule has 1 aromatic rings. The standard InChI is InChI=1S/C14H19NO5S/c1-3-10-4-5-11(13(16)17)8-12(10)21(18,19)15-14(2)6-7-20-9-14/h4-5,8,15H,3,6-7,9H2,1-2H3,(H,16,17). The normalized spacial score (nSPS) is 22.4. The molecule has 1 heterocycles. The average molecular weight is 313 g/mol. The van der Waals surface area contributed by atoms with Gasteiger partial charge in [-0.1, -0.05) is 13.0 Å². The molecular weight excluding hydrogens is 294 g/mol. The first-order valence-electron chi connectivity index (χ1n) is 6.75. The fourth-order valence-corrected chi connectivity index (χ4v) is 4.12. The molecule has 7 heteroatoms. The SMILES string of the molecule is CCc1ccc(C(=O)O)cc1S(=O)(=O)NC1(C)CCOC1. The van der Waals surface area contributed by atoms with E-state index in [9.17, 15) is 13.2 Å². The van der Waals surface area contributed by atoms with E-state index >= 15 is 0 Å². The number of rotatable bonds is 5. The number of carbonyl (C=O) groups is 1. The number of nitrogens with one attached hydrogen (secondary N) is 1. The molecule has 1 unspecified atom stereocenters. The van der Waals surface area contributed by atoms with Crippen LogP contribution in [0.1, 0.15) is 36.2 Å². The van der Waals surface area contributed by atoms with Crippen molar-refractivity contribution in [2.45, 2.75) is 37.1 Å². The van der Waals surface area contributed by atoms with Gasteiger partial charge in [0.15, 0.2) is 0 Å².